The largest absolute Gasteiger partial charge is 0.550 e. The molecule has 128 valence electrons. The predicted octanol–water partition coefficient (Wildman–Crippen LogP) is -3.27. The lowest BCUT2D eigenvalue weighted by molar-refractivity contribution is -0.321. The van der Waals surface area contributed by atoms with Gasteiger partial charge in [-0.2, -0.15) is 0 Å². The third-order valence-corrected chi connectivity index (χ3v) is 2.66. The lowest BCUT2D eigenvalue weighted by Crippen LogP contribution is -2.36. The number of hydrogen-bond donors (Lipinski definition) is 0. The van der Waals surface area contributed by atoms with Crippen LogP contribution in [0.15, 0.2) is 0 Å². The molecule has 0 aliphatic rings. The van der Waals surface area contributed by atoms with E-state index in [2.05, 4.69) is 0 Å². The first kappa shape index (κ1) is 22.2. The van der Waals surface area contributed by atoms with Crippen molar-refractivity contribution in [2.24, 2.45) is 5.92 Å². The molecule has 0 aromatic carbocycles. The fourth-order valence-electron chi connectivity index (χ4n) is 1.49. The maximum Gasteiger partial charge on any atom is 0.0449 e. The van der Waals surface area contributed by atoms with Gasteiger partial charge in [-0.05, 0) is 38.5 Å². The van der Waals surface area contributed by atoms with Gasteiger partial charge in [0.25, 0.3) is 0 Å². The van der Waals surface area contributed by atoms with Crippen molar-refractivity contribution in [1.82, 2.24) is 0 Å². The molecule has 0 fully saturated rings. The molecule has 0 aliphatic carbocycles. The quantitative estimate of drug-likeness (QED) is 0.359. The van der Waals surface area contributed by atoms with Crippen LogP contribution < -0.4 is 20.4 Å². The van der Waals surface area contributed by atoms with Gasteiger partial charge in [-0.25, -0.2) is 0 Å². The molecule has 0 saturated heterocycles. The van der Waals surface area contributed by atoms with Crippen LogP contribution in [0.2, 0.25) is 0 Å². The predicted molar refractivity (Wildman–Crippen MR) is 66.1 cm³/mol. The molecular weight excluding hydrogens is 296 g/mol. The van der Waals surface area contributed by atoms with Crippen LogP contribution in [0, 0.1) is 5.92 Å². The van der Waals surface area contributed by atoms with Gasteiger partial charge in [-0.15, -0.1) is 0 Å². The molecule has 8 heteroatoms. The number of carbonyl (C=O) groups excluding carboxylic acids is 4. The molecule has 0 heterocycles. The smallest absolute Gasteiger partial charge is 0.0449 e. The first-order valence-electron chi connectivity index (χ1n) is 7.01. The van der Waals surface area contributed by atoms with E-state index in [1.807, 2.05) is 6.92 Å². The second-order valence-electron chi connectivity index (χ2n) is 4.69. The van der Waals surface area contributed by atoms with E-state index in [1.54, 1.807) is 0 Å². The second-order valence-corrected chi connectivity index (χ2v) is 4.69. The molecule has 0 N–H and O–H groups in total. The Morgan fingerprint density at radius 3 is 1.50 bits per heavy atom. The van der Waals surface area contributed by atoms with E-state index in [-0.39, 0.29) is 12.8 Å². The average molecular weight is 316 g/mol. The molecule has 1 atom stereocenters. The van der Waals surface area contributed by atoms with Crippen molar-refractivity contribution >= 4 is 23.9 Å². The Labute approximate surface area is 128 Å². The Bertz CT molecular complexity index is 348. The highest BCUT2D eigenvalue weighted by atomic mass is 16.4. The van der Waals surface area contributed by atoms with E-state index in [0.717, 1.165) is 6.42 Å². The SMILES string of the molecule is CCCCC(CC(=O)[O-])C(=O)[O-].O=C([O-])CCCCC(=O)[O-]. The molecule has 0 saturated carbocycles. The summed E-state index contributed by atoms with van der Waals surface area (Å²) < 4.78 is 0. The van der Waals surface area contributed by atoms with Gasteiger partial charge in [0.2, 0.25) is 0 Å². The highest BCUT2D eigenvalue weighted by Gasteiger charge is 2.09. The number of carbonyl (C=O) groups is 4. The van der Waals surface area contributed by atoms with Crippen LogP contribution in [0.5, 0.6) is 0 Å². The molecule has 0 aromatic heterocycles. The van der Waals surface area contributed by atoms with E-state index in [0.29, 0.717) is 25.7 Å². The lowest BCUT2D eigenvalue weighted by atomic mass is 9.99. The second kappa shape index (κ2) is 13.8. The molecule has 0 spiro atoms. The highest BCUT2D eigenvalue weighted by molar-refractivity contribution is 5.75. The Morgan fingerprint density at radius 1 is 0.773 bits per heavy atom. The van der Waals surface area contributed by atoms with Crippen LogP contribution in [-0.2, 0) is 19.2 Å². The van der Waals surface area contributed by atoms with E-state index in [9.17, 15) is 39.6 Å². The van der Waals surface area contributed by atoms with E-state index < -0.39 is 36.2 Å². The van der Waals surface area contributed by atoms with Crippen LogP contribution >= 0.6 is 0 Å². The summed E-state index contributed by atoms with van der Waals surface area (Å²) in [5, 5.41) is 40.0. The molecule has 22 heavy (non-hydrogen) atoms. The zero-order chi connectivity index (χ0) is 17.5. The minimum atomic E-state index is -1.33. The van der Waals surface area contributed by atoms with Crippen LogP contribution in [-0.4, -0.2) is 23.9 Å². The van der Waals surface area contributed by atoms with Gasteiger partial charge >= 0.3 is 0 Å². The topological polar surface area (TPSA) is 161 Å². The fraction of sp³-hybridized carbons (Fsp3) is 0.714. The monoisotopic (exact) mass is 316 g/mol. The molecule has 8 nitrogen and oxygen atoms in total. The Balaban J connectivity index is 0. The van der Waals surface area contributed by atoms with E-state index in [1.165, 1.54) is 0 Å². The van der Waals surface area contributed by atoms with Crippen molar-refractivity contribution in [2.45, 2.75) is 58.3 Å². The number of hydrogen-bond acceptors (Lipinski definition) is 8. The summed E-state index contributed by atoms with van der Waals surface area (Å²) >= 11 is 0. The first-order valence-corrected chi connectivity index (χ1v) is 7.01. The minimum absolute atomic E-state index is 0.0761. The highest BCUT2D eigenvalue weighted by Crippen LogP contribution is 2.11. The number of unbranched alkanes of at least 4 members (excludes halogenated alkanes) is 2. The van der Waals surface area contributed by atoms with Crippen molar-refractivity contribution in [3.05, 3.63) is 0 Å². The van der Waals surface area contributed by atoms with Gasteiger partial charge < -0.3 is 39.6 Å². The summed E-state index contributed by atoms with van der Waals surface area (Å²) in [5.74, 6) is -5.81. The van der Waals surface area contributed by atoms with Gasteiger partial charge in [0.15, 0.2) is 0 Å². The third kappa shape index (κ3) is 17.9. The molecule has 1 unspecified atom stereocenters. The van der Waals surface area contributed by atoms with Crippen molar-refractivity contribution in [3.63, 3.8) is 0 Å². The summed E-state index contributed by atoms with van der Waals surface area (Å²) in [6, 6.07) is 0. The fourth-order valence-corrected chi connectivity index (χ4v) is 1.49. The van der Waals surface area contributed by atoms with Crippen molar-refractivity contribution in [2.75, 3.05) is 0 Å². The lowest BCUT2D eigenvalue weighted by Gasteiger charge is -2.17. The molecule has 0 aliphatic heterocycles. The summed E-state index contributed by atoms with van der Waals surface area (Å²) in [4.78, 5) is 40.0. The minimum Gasteiger partial charge on any atom is -0.550 e. The number of carboxylic acids is 4. The van der Waals surface area contributed by atoms with E-state index in [4.69, 9.17) is 0 Å². The Morgan fingerprint density at radius 2 is 1.23 bits per heavy atom. The maximum absolute atomic E-state index is 10.3. The van der Waals surface area contributed by atoms with Gasteiger partial charge in [0.1, 0.15) is 0 Å². The number of carboxylic acid groups (broad SMARTS) is 4. The van der Waals surface area contributed by atoms with Crippen molar-refractivity contribution in [3.8, 4) is 0 Å². The zero-order valence-electron chi connectivity index (χ0n) is 12.5. The van der Waals surface area contributed by atoms with Gasteiger partial charge in [0, 0.05) is 29.8 Å². The van der Waals surface area contributed by atoms with Gasteiger partial charge in [0.05, 0.1) is 0 Å². The summed E-state index contributed by atoms with van der Waals surface area (Å²) in [7, 11) is 0. The van der Waals surface area contributed by atoms with Gasteiger partial charge in [-0.3, -0.25) is 0 Å². The molecule has 0 bridgehead atoms. The van der Waals surface area contributed by atoms with Crippen molar-refractivity contribution < 1.29 is 39.6 Å². The van der Waals surface area contributed by atoms with Crippen LogP contribution in [0.4, 0.5) is 0 Å². The zero-order valence-corrected chi connectivity index (χ0v) is 12.5. The number of rotatable bonds is 11. The van der Waals surface area contributed by atoms with Gasteiger partial charge in [-0.1, -0.05) is 19.8 Å². The third-order valence-electron chi connectivity index (χ3n) is 2.66. The van der Waals surface area contributed by atoms with Crippen molar-refractivity contribution in [1.29, 1.82) is 0 Å². The standard InChI is InChI=1S/C8H14O4.C6H10O4/c1-2-3-4-6(8(11)12)5-7(9)10;7-5(8)3-1-2-4-6(9)10/h6H,2-5H2,1H3,(H,9,10)(H,11,12);1-4H2,(H,7,8)(H,9,10)/p-4. The Hall–Kier alpha value is -2.12. The normalized spacial score (nSPS) is 11.0. The molecular formula is C14H20O8-4. The summed E-state index contributed by atoms with van der Waals surface area (Å²) in [6.07, 6.45) is 1.99. The van der Waals surface area contributed by atoms with Crippen LogP contribution in [0.1, 0.15) is 58.3 Å². The first-order chi connectivity index (χ1) is 10.2. The Kier molecular flexibility index (Phi) is 13.9. The van der Waals surface area contributed by atoms with E-state index >= 15 is 0 Å². The molecule has 0 amide bonds. The molecule has 0 aromatic rings. The maximum atomic E-state index is 10.3. The molecule has 0 rings (SSSR count). The molecule has 0 radical (unpaired) electrons. The summed E-state index contributed by atoms with van der Waals surface area (Å²) in [5.41, 5.74) is 0. The summed E-state index contributed by atoms with van der Waals surface area (Å²) in [6.45, 7) is 1.91. The van der Waals surface area contributed by atoms with Crippen LogP contribution in [0.3, 0.4) is 0 Å². The number of aliphatic carboxylic acids is 4. The van der Waals surface area contributed by atoms with Crippen LogP contribution in [0.25, 0.3) is 0 Å². The average Bonchev–Trinajstić information content (AvgIpc) is 2.39.